The maximum Gasteiger partial charge on any atom is 0.333 e. The fourth-order valence-corrected chi connectivity index (χ4v) is 8.70. The number of aromatic nitrogens is 1. The van der Waals surface area contributed by atoms with Crippen molar-refractivity contribution in [3.05, 3.63) is 102 Å². The number of nitrogens with zero attached hydrogens (tertiary/aromatic N) is 2. The molecular weight excluding hydrogens is 527 g/mol. The molecule has 42 heavy (non-hydrogen) atoms. The van der Waals surface area contributed by atoms with Gasteiger partial charge in [0.25, 0.3) is 0 Å². The van der Waals surface area contributed by atoms with Crippen LogP contribution in [0.5, 0.6) is 0 Å². The van der Waals surface area contributed by atoms with Crippen LogP contribution in [-0.2, 0) is 10.8 Å². The molecule has 0 fully saturated rings. The summed E-state index contributed by atoms with van der Waals surface area (Å²) in [7, 11) is 0. The van der Waals surface area contributed by atoms with Gasteiger partial charge in [-0.2, -0.15) is 0 Å². The Hall–Kier alpha value is -4.02. The molecule has 0 atom stereocenters. The van der Waals surface area contributed by atoms with Crippen molar-refractivity contribution >= 4 is 88.2 Å². The SMILES string of the molecule is CC(C)(C)c1ccc(N2c3ccc(C(C)(C)C)cc3B3c4c2ccc2sc5ccc6c7ccccc7n3c6c5c42)cc1. The van der Waals surface area contributed by atoms with E-state index in [-0.39, 0.29) is 17.7 Å². The Morgan fingerprint density at radius 3 is 2.05 bits per heavy atom. The van der Waals surface area contributed by atoms with E-state index < -0.39 is 0 Å². The van der Waals surface area contributed by atoms with Crippen LogP contribution >= 0.6 is 11.3 Å². The van der Waals surface area contributed by atoms with Crippen LogP contribution in [0.25, 0.3) is 42.0 Å². The van der Waals surface area contributed by atoms with Gasteiger partial charge in [-0.3, -0.25) is 0 Å². The summed E-state index contributed by atoms with van der Waals surface area (Å²) in [4.78, 5) is 2.53. The van der Waals surface area contributed by atoms with Crippen LogP contribution in [0.3, 0.4) is 0 Å². The number of fused-ring (bicyclic) bond motifs is 6. The van der Waals surface area contributed by atoms with E-state index in [9.17, 15) is 0 Å². The summed E-state index contributed by atoms with van der Waals surface area (Å²) in [5.41, 5.74) is 12.2. The summed E-state index contributed by atoms with van der Waals surface area (Å²) in [6.45, 7) is 14.0. The lowest BCUT2D eigenvalue weighted by Gasteiger charge is -2.40. The molecule has 2 nitrogen and oxygen atoms in total. The van der Waals surface area contributed by atoms with Gasteiger partial charge in [-0.05, 0) is 75.3 Å². The lowest BCUT2D eigenvalue weighted by Crippen LogP contribution is -2.56. The van der Waals surface area contributed by atoms with Crippen LogP contribution in [0.4, 0.5) is 17.1 Å². The second-order valence-corrected chi connectivity index (χ2v) is 15.3. The minimum Gasteiger partial charge on any atom is -0.375 e. The maximum absolute atomic E-state index is 2.68. The smallest absolute Gasteiger partial charge is 0.333 e. The molecule has 9 rings (SSSR count). The number of benzene rings is 5. The number of anilines is 3. The van der Waals surface area contributed by atoms with Gasteiger partial charge >= 0.3 is 6.85 Å². The summed E-state index contributed by atoms with van der Waals surface area (Å²) >= 11 is 1.94. The monoisotopic (exact) mass is 560 g/mol. The molecule has 0 aliphatic carbocycles. The first-order valence-electron chi connectivity index (χ1n) is 15.1. The molecule has 7 aromatic rings. The molecule has 4 heterocycles. The summed E-state index contributed by atoms with van der Waals surface area (Å²) in [6, 6.07) is 35.0. The Labute approximate surface area is 251 Å². The third kappa shape index (κ3) is 3.06. The highest BCUT2D eigenvalue weighted by Crippen LogP contribution is 2.48. The lowest BCUT2D eigenvalue weighted by atomic mass is 9.45. The van der Waals surface area contributed by atoms with Gasteiger partial charge in [0.15, 0.2) is 0 Å². The van der Waals surface area contributed by atoms with Gasteiger partial charge in [-0.15, -0.1) is 11.3 Å². The Morgan fingerprint density at radius 1 is 0.619 bits per heavy atom. The highest BCUT2D eigenvalue weighted by Gasteiger charge is 2.42. The van der Waals surface area contributed by atoms with Crippen LogP contribution in [0.2, 0.25) is 0 Å². The standard InChI is InChI=1S/C38H33BN2S/c1-37(2,3)22-11-14-24(15-12-22)40-29-17-13-23(38(4,5)6)21-27(29)39-35-30(40)18-20-31-33(35)34-32(42-31)19-16-26-25-9-7-8-10-28(25)41(39)36(26)34/h7-21H,1-6H3. The Balaban J connectivity index is 1.44. The average molecular weight is 561 g/mol. The van der Waals surface area contributed by atoms with E-state index in [2.05, 4.69) is 142 Å². The van der Waals surface area contributed by atoms with E-state index in [4.69, 9.17) is 0 Å². The predicted octanol–water partition coefficient (Wildman–Crippen LogP) is 9.51. The zero-order valence-corrected chi connectivity index (χ0v) is 25.9. The van der Waals surface area contributed by atoms with Crippen molar-refractivity contribution in [2.24, 2.45) is 0 Å². The van der Waals surface area contributed by atoms with Crippen molar-refractivity contribution in [2.45, 2.75) is 52.4 Å². The fourth-order valence-electron chi connectivity index (χ4n) is 7.57. The van der Waals surface area contributed by atoms with Crippen molar-refractivity contribution in [2.75, 3.05) is 4.90 Å². The van der Waals surface area contributed by atoms with Crippen molar-refractivity contribution < 1.29 is 0 Å². The number of hydrogen-bond donors (Lipinski definition) is 0. The van der Waals surface area contributed by atoms with Crippen LogP contribution in [0, 0.1) is 0 Å². The van der Waals surface area contributed by atoms with Gasteiger partial charge in [0.1, 0.15) is 0 Å². The summed E-state index contributed by atoms with van der Waals surface area (Å²) < 4.78 is 5.44. The zero-order valence-electron chi connectivity index (χ0n) is 25.0. The Bertz CT molecular complexity index is 2270. The molecular formula is C38H33BN2S. The minimum atomic E-state index is 0.0524. The van der Waals surface area contributed by atoms with Gasteiger partial charge in [0.05, 0.1) is 0 Å². The maximum atomic E-state index is 2.68. The molecule has 0 saturated carbocycles. The third-order valence-corrected chi connectivity index (χ3v) is 10.8. The predicted molar refractivity (Wildman–Crippen MR) is 185 cm³/mol. The van der Waals surface area contributed by atoms with Gasteiger partial charge < -0.3 is 9.38 Å². The highest BCUT2D eigenvalue weighted by molar-refractivity contribution is 7.26. The second-order valence-electron chi connectivity index (χ2n) is 14.3. The topological polar surface area (TPSA) is 8.17 Å². The van der Waals surface area contributed by atoms with Gasteiger partial charge in [-0.1, -0.05) is 90.1 Å². The molecule has 0 amide bonds. The quantitative estimate of drug-likeness (QED) is 0.182. The number of hydrogen-bond acceptors (Lipinski definition) is 2. The molecule has 5 aromatic carbocycles. The summed E-state index contributed by atoms with van der Waals surface area (Å²) in [5, 5.41) is 5.58. The Morgan fingerprint density at radius 2 is 1.29 bits per heavy atom. The van der Waals surface area contributed by atoms with Gasteiger partial charge in [0.2, 0.25) is 0 Å². The first kappa shape index (κ1) is 24.6. The van der Waals surface area contributed by atoms with E-state index in [1.54, 1.807) is 0 Å². The number of para-hydroxylation sites is 1. The van der Waals surface area contributed by atoms with Gasteiger partial charge in [-0.25, -0.2) is 0 Å². The van der Waals surface area contributed by atoms with Crippen LogP contribution < -0.4 is 15.8 Å². The van der Waals surface area contributed by atoms with E-state index in [0.29, 0.717) is 0 Å². The first-order valence-corrected chi connectivity index (χ1v) is 15.9. The number of rotatable bonds is 1. The summed E-state index contributed by atoms with van der Waals surface area (Å²) in [6.07, 6.45) is 0. The highest BCUT2D eigenvalue weighted by atomic mass is 32.1. The van der Waals surface area contributed by atoms with E-state index >= 15 is 0 Å². The largest absolute Gasteiger partial charge is 0.375 e. The van der Waals surface area contributed by atoms with Crippen LogP contribution in [0.15, 0.2) is 91.0 Å². The molecule has 0 unspecified atom stereocenters. The van der Waals surface area contributed by atoms with Crippen LogP contribution in [-0.4, -0.2) is 11.3 Å². The normalized spacial score (nSPS) is 14.3. The molecule has 2 aliphatic heterocycles. The molecule has 0 N–H and O–H groups in total. The average Bonchev–Trinajstić information content (AvgIpc) is 3.51. The van der Waals surface area contributed by atoms with Gasteiger partial charge in [0, 0.05) is 59.0 Å². The molecule has 2 aliphatic rings. The first-order chi connectivity index (χ1) is 20.1. The van der Waals surface area contributed by atoms with E-state index in [1.807, 2.05) is 11.3 Å². The Kier molecular flexibility index (Phi) is 4.61. The molecule has 2 aromatic heterocycles. The number of thiophene rings is 1. The van der Waals surface area contributed by atoms with E-state index in [1.165, 1.54) is 81.1 Å². The minimum absolute atomic E-state index is 0.0524. The fraction of sp³-hybridized carbons (Fsp3) is 0.211. The second kappa shape index (κ2) is 7.87. The molecule has 0 saturated heterocycles. The molecule has 0 bridgehead atoms. The van der Waals surface area contributed by atoms with Crippen LogP contribution in [0.1, 0.15) is 52.7 Å². The van der Waals surface area contributed by atoms with Crippen molar-refractivity contribution in [3.8, 4) is 0 Å². The molecule has 0 radical (unpaired) electrons. The summed E-state index contributed by atoms with van der Waals surface area (Å²) in [5.74, 6) is 0. The zero-order chi connectivity index (χ0) is 28.7. The van der Waals surface area contributed by atoms with Crippen molar-refractivity contribution in [3.63, 3.8) is 0 Å². The molecule has 4 heteroatoms. The lowest BCUT2D eigenvalue weighted by molar-refractivity contribution is 0.590. The third-order valence-electron chi connectivity index (χ3n) is 9.68. The van der Waals surface area contributed by atoms with E-state index in [0.717, 1.165) is 0 Å². The molecule has 204 valence electrons. The molecule has 0 spiro atoms. The van der Waals surface area contributed by atoms with Crippen molar-refractivity contribution in [1.29, 1.82) is 0 Å². The van der Waals surface area contributed by atoms with Crippen molar-refractivity contribution in [1.82, 2.24) is 4.48 Å².